The maximum absolute atomic E-state index is 12.8. The molecule has 2 heterocycles. The van der Waals surface area contributed by atoms with Gasteiger partial charge in [0.05, 0.1) is 116 Å². The molecule has 0 amide bonds. The number of carbonyl (C=O) groups excluding carboxylic acids is 2. The Kier molecular flexibility index (Phi) is 16.5. The van der Waals surface area contributed by atoms with Crippen LogP contribution in [0.3, 0.4) is 0 Å². The molecular formula is C53H68N2O12+2. The van der Waals surface area contributed by atoms with Gasteiger partial charge in [-0.3, -0.25) is 0 Å². The zero-order valence-electron chi connectivity index (χ0n) is 41.3. The van der Waals surface area contributed by atoms with E-state index in [9.17, 15) is 9.59 Å². The quantitative estimate of drug-likeness (QED) is 0.0308. The number of rotatable bonds is 19. The van der Waals surface area contributed by atoms with Gasteiger partial charge >= 0.3 is 11.9 Å². The highest BCUT2D eigenvalue weighted by Crippen LogP contribution is 2.49. The molecule has 4 aromatic rings. The largest absolute Gasteiger partial charge is 0.496 e. The first-order valence-electron chi connectivity index (χ1n) is 22.7. The first kappa shape index (κ1) is 50.1. The Morgan fingerprint density at radius 3 is 1.67 bits per heavy atom. The van der Waals surface area contributed by atoms with Gasteiger partial charge in [0, 0.05) is 55.1 Å². The summed E-state index contributed by atoms with van der Waals surface area (Å²) in [6, 6.07) is 16.3. The Balaban J connectivity index is 1.08. The highest BCUT2D eigenvalue weighted by Gasteiger charge is 2.43. The molecule has 4 aromatic carbocycles. The van der Waals surface area contributed by atoms with Crippen molar-refractivity contribution in [1.29, 1.82) is 0 Å². The van der Waals surface area contributed by atoms with Crippen LogP contribution in [0.1, 0.15) is 69.4 Å². The lowest BCUT2D eigenvalue weighted by atomic mass is 9.83. The van der Waals surface area contributed by atoms with Gasteiger partial charge in [-0.25, -0.2) is 9.59 Å². The number of likely N-dealkylation sites (N-methyl/N-ethyl adjacent to an activating group) is 2. The zero-order valence-corrected chi connectivity index (χ0v) is 41.3. The molecule has 0 saturated carbocycles. The predicted molar refractivity (Wildman–Crippen MR) is 254 cm³/mol. The van der Waals surface area contributed by atoms with Gasteiger partial charge in [0.1, 0.15) is 17.8 Å². The lowest BCUT2D eigenvalue weighted by Crippen LogP contribution is -2.53. The van der Waals surface area contributed by atoms with Crippen LogP contribution in [0, 0.1) is 25.7 Å². The number of ether oxygens (including phenoxy) is 10. The van der Waals surface area contributed by atoms with Gasteiger partial charge in [0.25, 0.3) is 0 Å². The minimum Gasteiger partial charge on any atom is -0.496 e. The third kappa shape index (κ3) is 10.8. The lowest BCUT2D eigenvalue weighted by molar-refractivity contribution is -0.941. The van der Waals surface area contributed by atoms with Gasteiger partial charge in [-0.05, 0) is 78.1 Å². The van der Waals surface area contributed by atoms with Crippen LogP contribution >= 0.6 is 0 Å². The molecular weight excluding hydrogens is 857 g/mol. The van der Waals surface area contributed by atoms with Crippen LogP contribution in [0.2, 0.25) is 0 Å². The van der Waals surface area contributed by atoms with Gasteiger partial charge in [0.15, 0.2) is 34.5 Å². The number of nitrogens with zero attached hydrogens (tertiary/aromatic N) is 2. The summed E-state index contributed by atoms with van der Waals surface area (Å²) in [5.74, 6) is 8.28. The Labute approximate surface area is 396 Å². The fourth-order valence-corrected chi connectivity index (χ4v) is 10.1. The van der Waals surface area contributed by atoms with Crippen molar-refractivity contribution in [1.82, 2.24) is 0 Å². The van der Waals surface area contributed by atoms with Crippen molar-refractivity contribution in [3.05, 3.63) is 93.0 Å². The topological polar surface area (TPSA) is 126 Å². The Bertz CT molecular complexity index is 2470. The summed E-state index contributed by atoms with van der Waals surface area (Å²) in [5.41, 5.74) is 9.16. The fourth-order valence-electron chi connectivity index (χ4n) is 10.1. The standard InChI is InChI=1S/C53H68N2O12/c1-34-27-38-20-23-54(3,41(50(38)52(64-11)35(34)2)28-36-15-16-42(58-5)43(29-36)59-6)21-13-25-66-48(56)17-18-49(57)67-26-14-22-55(4)24-19-37-30-44(60-7)45(61-8)33-40(37)51(55)39-31-46(62-9)53(65-12)47(32-39)63-10/h15-16,27,29-33,41,51H,13-14,19-26,28H2,1-12H3/q+2. The minimum absolute atomic E-state index is 0.0599. The van der Waals surface area contributed by atoms with Gasteiger partial charge in [-0.15, -0.1) is 0 Å². The van der Waals surface area contributed by atoms with Crippen LogP contribution in [0.5, 0.6) is 46.0 Å². The average Bonchev–Trinajstić information content (AvgIpc) is 3.34. The fraction of sp³-hybridized carbons (Fsp3) is 0.472. The van der Waals surface area contributed by atoms with Gasteiger partial charge in [-0.1, -0.05) is 12.1 Å². The van der Waals surface area contributed by atoms with Gasteiger partial charge in [-0.2, -0.15) is 0 Å². The Morgan fingerprint density at radius 2 is 1.10 bits per heavy atom. The van der Waals surface area contributed by atoms with E-state index in [-0.39, 0.29) is 25.3 Å². The van der Waals surface area contributed by atoms with Crippen LogP contribution in [0.15, 0.2) is 48.5 Å². The van der Waals surface area contributed by atoms with Crippen LogP contribution < -0.4 is 37.9 Å². The van der Waals surface area contributed by atoms with Crippen molar-refractivity contribution in [2.75, 3.05) is 110 Å². The number of fused-ring (bicyclic) bond motifs is 2. The second kappa shape index (κ2) is 22.0. The maximum Gasteiger partial charge on any atom is 0.384 e. The number of esters is 2. The van der Waals surface area contributed by atoms with Crippen LogP contribution in [-0.2, 0) is 38.3 Å². The second-order valence-corrected chi connectivity index (χ2v) is 17.7. The lowest BCUT2D eigenvalue weighted by Gasteiger charge is -2.46. The highest BCUT2D eigenvalue weighted by atomic mass is 16.5. The van der Waals surface area contributed by atoms with E-state index in [2.05, 4.69) is 51.9 Å². The van der Waals surface area contributed by atoms with Crippen LogP contribution in [-0.4, -0.2) is 131 Å². The van der Waals surface area contributed by atoms with Crippen molar-refractivity contribution in [2.24, 2.45) is 0 Å². The maximum atomic E-state index is 12.8. The first-order chi connectivity index (χ1) is 32.2. The second-order valence-electron chi connectivity index (χ2n) is 17.7. The van der Waals surface area contributed by atoms with E-state index in [0.29, 0.717) is 68.6 Å². The van der Waals surface area contributed by atoms with E-state index in [4.69, 9.17) is 47.4 Å². The van der Waals surface area contributed by atoms with Crippen molar-refractivity contribution in [3.63, 3.8) is 0 Å². The Hall–Kier alpha value is -6.30. The Morgan fingerprint density at radius 1 is 0.582 bits per heavy atom. The normalized spacial score (nSPS) is 19.3. The SMILES string of the molecule is COc1ccc(CC2c3c(cc(C)c(C)c3OC)CC[N+]2(C)CCCOC(=O)C#CC(=O)OCCC[N+]2(C)CCc3cc(OC)c(OC)cc3C2c2cc(OC)c(OC)c(OC)c2)cc1OC. The molecule has 0 fully saturated rings. The van der Waals surface area contributed by atoms with Crippen molar-refractivity contribution in [2.45, 2.75) is 58.0 Å². The molecule has 4 unspecified atom stereocenters. The number of benzene rings is 4. The molecule has 0 N–H and O–H groups in total. The molecule has 14 heteroatoms. The first-order valence-corrected chi connectivity index (χ1v) is 22.7. The molecule has 0 aliphatic carbocycles. The van der Waals surface area contributed by atoms with Gasteiger partial charge in [0.2, 0.25) is 5.75 Å². The number of aryl methyl sites for hydroxylation is 1. The number of carbonyl (C=O) groups is 2. The monoisotopic (exact) mass is 924 g/mol. The molecule has 4 atom stereocenters. The summed E-state index contributed by atoms with van der Waals surface area (Å²) in [5, 5.41) is 0. The molecule has 0 spiro atoms. The molecule has 0 radical (unpaired) electrons. The summed E-state index contributed by atoms with van der Waals surface area (Å²) in [6.45, 7) is 7.59. The molecule has 360 valence electrons. The van der Waals surface area contributed by atoms with E-state index >= 15 is 0 Å². The van der Waals surface area contributed by atoms with E-state index in [1.54, 1.807) is 56.9 Å². The molecule has 6 rings (SSSR count). The van der Waals surface area contributed by atoms with Crippen molar-refractivity contribution >= 4 is 11.9 Å². The minimum atomic E-state index is -0.788. The number of hydrogen-bond acceptors (Lipinski definition) is 12. The average molecular weight is 925 g/mol. The molecule has 0 saturated heterocycles. The number of methoxy groups -OCH3 is 8. The van der Waals surface area contributed by atoms with E-state index < -0.39 is 11.9 Å². The summed E-state index contributed by atoms with van der Waals surface area (Å²) >= 11 is 0. The van der Waals surface area contributed by atoms with Crippen molar-refractivity contribution in [3.8, 4) is 57.8 Å². The smallest absolute Gasteiger partial charge is 0.384 e. The highest BCUT2D eigenvalue weighted by molar-refractivity contribution is 5.98. The zero-order chi connectivity index (χ0) is 48.5. The van der Waals surface area contributed by atoms with E-state index in [1.165, 1.54) is 16.7 Å². The van der Waals surface area contributed by atoms with E-state index in [0.717, 1.165) is 72.5 Å². The molecule has 0 bridgehead atoms. The summed E-state index contributed by atoms with van der Waals surface area (Å²) in [7, 11) is 17.5. The molecule has 2 aliphatic heterocycles. The molecule has 2 aliphatic rings. The molecule has 67 heavy (non-hydrogen) atoms. The van der Waals surface area contributed by atoms with Crippen LogP contribution in [0.4, 0.5) is 0 Å². The van der Waals surface area contributed by atoms with Gasteiger partial charge < -0.3 is 56.3 Å². The third-order valence-electron chi connectivity index (χ3n) is 13.8. The summed E-state index contributed by atoms with van der Waals surface area (Å²) in [6.07, 6.45) is 3.56. The number of hydrogen-bond donors (Lipinski definition) is 0. The third-order valence-corrected chi connectivity index (χ3v) is 13.8. The summed E-state index contributed by atoms with van der Waals surface area (Å²) in [4.78, 5) is 25.6. The molecule has 0 aromatic heterocycles. The molecule has 14 nitrogen and oxygen atoms in total. The van der Waals surface area contributed by atoms with Crippen LogP contribution in [0.25, 0.3) is 0 Å². The number of quaternary nitrogens is 2. The predicted octanol–water partition coefficient (Wildman–Crippen LogP) is 7.32. The summed E-state index contributed by atoms with van der Waals surface area (Å²) < 4.78 is 58.2. The van der Waals surface area contributed by atoms with E-state index in [1.807, 2.05) is 36.4 Å². The van der Waals surface area contributed by atoms with Crippen molar-refractivity contribution < 1.29 is 65.9 Å².